The smallest absolute Gasteiger partial charge is 0.337 e. The van der Waals surface area contributed by atoms with Crippen LogP contribution < -0.4 is 10.6 Å². The molecule has 0 heterocycles. The van der Waals surface area contributed by atoms with Gasteiger partial charge in [0.05, 0.1) is 22.9 Å². The van der Waals surface area contributed by atoms with Gasteiger partial charge in [-0.3, -0.25) is 0 Å². The van der Waals surface area contributed by atoms with Crippen molar-refractivity contribution in [1.82, 2.24) is 0 Å². The van der Waals surface area contributed by atoms with Crippen molar-refractivity contribution in [2.45, 2.75) is 6.92 Å². The summed E-state index contributed by atoms with van der Waals surface area (Å²) < 4.78 is 0. The van der Waals surface area contributed by atoms with Gasteiger partial charge in [-0.1, -0.05) is 11.6 Å². The second-order valence-corrected chi connectivity index (χ2v) is 3.91. The van der Waals surface area contributed by atoms with E-state index in [-0.39, 0.29) is 17.2 Å². The molecule has 0 atom stereocenters. The van der Waals surface area contributed by atoms with Crippen LogP contribution in [0.4, 0.5) is 11.4 Å². The van der Waals surface area contributed by atoms with Gasteiger partial charge in [-0.05, 0) is 19.1 Å². The lowest BCUT2D eigenvalue weighted by atomic mass is 10.1. The topological polar surface area (TPSA) is 86.8 Å². The number of nitrogens with two attached hydrogens (primary N) is 1. The van der Waals surface area contributed by atoms with E-state index in [4.69, 9.17) is 27.5 Å². The van der Waals surface area contributed by atoms with Gasteiger partial charge in [0.2, 0.25) is 0 Å². The van der Waals surface area contributed by atoms with Crippen LogP contribution in [0, 0.1) is 0 Å². The van der Waals surface area contributed by atoms with Crippen LogP contribution in [0.2, 0.25) is 5.02 Å². The molecule has 1 aromatic carbocycles. The zero-order valence-electron chi connectivity index (χ0n) is 9.48. The standard InChI is InChI=1S/C11H15ClN2O3/c1-2-14(3-4-15)10-8(11(16)17)5-7(13)6-9(10)12/h5-6,15H,2-4,13H2,1H3,(H,16,17). The fraction of sp³-hybridized carbons (Fsp3) is 0.364. The summed E-state index contributed by atoms with van der Waals surface area (Å²) in [6.07, 6.45) is 0. The monoisotopic (exact) mass is 258 g/mol. The fourth-order valence-corrected chi connectivity index (χ4v) is 2.00. The second kappa shape index (κ2) is 5.75. The van der Waals surface area contributed by atoms with Crippen molar-refractivity contribution in [3.63, 3.8) is 0 Å². The molecule has 0 saturated carbocycles. The zero-order valence-corrected chi connectivity index (χ0v) is 10.2. The van der Waals surface area contributed by atoms with Crippen LogP contribution in [-0.4, -0.2) is 35.9 Å². The van der Waals surface area contributed by atoms with Gasteiger partial charge in [0.1, 0.15) is 0 Å². The van der Waals surface area contributed by atoms with E-state index in [1.807, 2.05) is 6.92 Å². The molecule has 5 nitrogen and oxygen atoms in total. The minimum absolute atomic E-state index is 0.0466. The molecule has 94 valence electrons. The molecule has 1 aromatic rings. The summed E-state index contributed by atoms with van der Waals surface area (Å²) in [6.45, 7) is 2.65. The molecule has 0 aliphatic carbocycles. The quantitative estimate of drug-likeness (QED) is 0.696. The highest BCUT2D eigenvalue weighted by atomic mass is 35.5. The predicted molar refractivity (Wildman–Crippen MR) is 67.8 cm³/mol. The van der Waals surface area contributed by atoms with Crippen LogP contribution in [0.15, 0.2) is 12.1 Å². The van der Waals surface area contributed by atoms with Gasteiger partial charge in [-0.15, -0.1) is 0 Å². The lowest BCUT2D eigenvalue weighted by Crippen LogP contribution is -2.28. The molecule has 0 bridgehead atoms. The molecule has 0 unspecified atom stereocenters. The van der Waals surface area contributed by atoms with Crippen LogP contribution in [0.3, 0.4) is 0 Å². The highest BCUT2D eigenvalue weighted by molar-refractivity contribution is 6.34. The molecule has 1 rings (SSSR count). The molecular weight excluding hydrogens is 244 g/mol. The van der Waals surface area contributed by atoms with Crippen molar-refractivity contribution in [3.05, 3.63) is 22.7 Å². The molecular formula is C11H15ClN2O3. The van der Waals surface area contributed by atoms with Crippen LogP contribution in [0.1, 0.15) is 17.3 Å². The number of nitrogens with zero attached hydrogens (tertiary/aromatic N) is 1. The fourth-order valence-electron chi connectivity index (χ4n) is 1.65. The highest BCUT2D eigenvalue weighted by Crippen LogP contribution is 2.32. The Hall–Kier alpha value is -1.46. The van der Waals surface area contributed by atoms with Gasteiger partial charge < -0.3 is 20.8 Å². The summed E-state index contributed by atoms with van der Waals surface area (Å²) in [7, 11) is 0. The van der Waals surface area contributed by atoms with E-state index in [1.54, 1.807) is 4.90 Å². The number of anilines is 2. The minimum Gasteiger partial charge on any atom is -0.478 e. The third-order valence-electron chi connectivity index (χ3n) is 2.38. The Labute approximate surface area is 104 Å². The lowest BCUT2D eigenvalue weighted by Gasteiger charge is -2.25. The van der Waals surface area contributed by atoms with Gasteiger partial charge in [-0.2, -0.15) is 0 Å². The summed E-state index contributed by atoms with van der Waals surface area (Å²) in [5.41, 5.74) is 6.31. The van der Waals surface area contributed by atoms with E-state index in [9.17, 15) is 4.79 Å². The zero-order chi connectivity index (χ0) is 13.0. The number of likely N-dealkylation sites (N-methyl/N-ethyl adjacent to an activating group) is 1. The first kappa shape index (κ1) is 13.6. The van der Waals surface area contributed by atoms with E-state index in [0.29, 0.717) is 24.5 Å². The SMILES string of the molecule is CCN(CCO)c1c(Cl)cc(N)cc1C(=O)O. The average molecular weight is 259 g/mol. The highest BCUT2D eigenvalue weighted by Gasteiger charge is 2.19. The van der Waals surface area contributed by atoms with Crippen LogP contribution in [0.25, 0.3) is 0 Å². The number of aliphatic hydroxyl groups excluding tert-OH is 1. The van der Waals surface area contributed by atoms with Gasteiger partial charge in [0, 0.05) is 18.8 Å². The largest absolute Gasteiger partial charge is 0.478 e. The molecule has 0 amide bonds. The third kappa shape index (κ3) is 3.01. The number of carboxylic acids is 1. The number of carbonyl (C=O) groups is 1. The first-order chi connectivity index (χ1) is 8.01. The number of nitrogen functional groups attached to an aromatic ring is 1. The molecule has 0 aliphatic rings. The maximum atomic E-state index is 11.1. The number of rotatable bonds is 5. The first-order valence-electron chi connectivity index (χ1n) is 5.19. The van der Waals surface area contributed by atoms with E-state index >= 15 is 0 Å². The van der Waals surface area contributed by atoms with Crippen molar-refractivity contribution in [2.75, 3.05) is 30.3 Å². The normalized spacial score (nSPS) is 10.3. The van der Waals surface area contributed by atoms with Gasteiger partial charge in [-0.25, -0.2) is 4.79 Å². The minimum atomic E-state index is -1.09. The summed E-state index contributed by atoms with van der Waals surface area (Å²) in [4.78, 5) is 12.8. The van der Waals surface area contributed by atoms with Crippen LogP contribution in [-0.2, 0) is 0 Å². The summed E-state index contributed by atoms with van der Waals surface area (Å²) in [5.74, 6) is -1.09. The van der Waals surface area contributed by atoms with Crippen LogP contribution >= 0.6 is 11.6 Å². The Bertz CT molecular complexity index is 423. The molecule has 6 heteroatoms. The molecule has 17 heavy (non-hydrogen) atoms. The maximum absolute atomic E-state index is 11.1. The van der Waals surface area contributed by atoms with E-state index in [2.05, 4.69) is 0 Å². The lowest BCUT2D eigenvalue weighted by molar-refractivity contribution is 0.0697. The average Bonchev–Trinajstić information content (AvgIpc) is 2.25. The molecule has 0 fully saturated rings. The van der Waals surface area contributed by atoms with Crippen molar-refractivity contribution in [1.29, 1.82) is 0 Å². The maximum Gasteiger partial charge on any atom is 0.337 e. The number of hydrogen-bond acceptors (Lipinski definition) is 4. The molecule has 0 aromatic heterocycles. The predicted octanol–water partition coefficient (Wildman–Crippen LogP) is 1.44. The molecule has 0 radical (unpaired) electrons. The summed E-state index contributed by atoms with van der Waals surface area (Å²) in [6, 6.07) is 2.87. The van der Waals surface area contributed by atoms with Crippen molar-refractivity contribution < 1.29 is 15.0 Å². The molecule has 0 aliphatic heterocycles. The number of carboxylic acid groups (broad SMARTS) is 1. The van der Waals surface area contributed by atoms with E-state index in [1.165, 1.54) is 12.1 Å². The summed E-state index contributed by atoms with van der Waals surface area (Å²) in [5, 5.41) is 18.3. The Morgan fingerprint density at radius 2 is 2.18 bits per heavy atom. The first-order valence-corrected chi connectivity index (χ1v) is 5.57. The molecule has 0 spiro atoms. The van der Waals surface area contributed by atoms with Gasteiger partial charge in [0.15, 0.2) is 0 Å². The Morgan fingerprint density at radius 1 is 1.53 bits per heavy atom. The number of benzene rings is 1. The Morgan fingerprint density at radius 3 is 2.65 bits per heavy atom. The van der Waals surface area contributed by atoms with Gasteiger partial charge in [0.25, 0.3) is 0 Å². The number of hydrogen-bond donors (Lipinski definition) is 3. The third-order valence-corrected chi connectivity index (χ3v) is 2.67. The van der Waals surface area contributed by atoms with Crippen molar-refractivity contribution in [2.24, 2.45) is 0 Å². The summed E-state index contributed by atoms with van der Waals surface area (Å²) >= 11 is 6.02. The van der Waals surface area contributed by atoms with E-state index < -0.39 is 5.97 Å². The van der Waals surface area contributed by atoms with Crippen LogP contribution in [0.5, 0.6) is 0 Å². The van der Waals surface area contributed by atoms with Gasteiger partial charge >= 0.3 is 5.97 Å². The second-order valence-electron chi connectivity index (χ2n) is 3.51. The van der Waals surface area contributed by atoms with Crippen molar-refractivity contribution >= 4 is 28.9 Å². The number of halogens is 1. The Kier molecular flexibility index (Phi) is 4.60. The number of aliphatic hydroxyl groups is 1. The molecule has 0 saturated heterocycles. The van der Waals surface area contributed by atoms with E-state index in [0.717, 1.165) is 0 Å². The van der Waals surface area contributed by atoms with Crippen molar-refractivity contribution in [3.8, 4) is 0 Å². The number of aromatic carboxylic acids is 1. The Balaban J connectivity index is 3.33. The molecule has 4 N–H and O–H groups in total.